The number of benzene rings is 2. The van der Waals surface area contributed by atoms with E-state index in [0.29, 0.717) is 5.91 Å². The van der Waals surface area contributed by atoms with Crippen molar-refractivity contribution in [1.82, 2.24) is 20.2 Å². The monoisotopic (exact) mass is 430 g/mol. The average Bonchev–Trinajstić information content (AvgIpc) is 3.53. The van der Waals surface area contributed by atoms with Crippen LogP contribution in [0.3, 0.4) is 0 Å². The molecule has 6 heteroatoms. The first-order chi connectivity index (χ1) is 15.3. The van der Waals surface area contributed by atoms with E-state index in [9.17, 15) is 4.79 Å². The van der Waals surface area contributed by atoms with Crippen molar-refractivity contribution in [2.24, 2.45) is 0 Å². The number of para-hydroxylation sites is 2. The van der Waals surface area contributed by atoms with Gasteiger partial charge in [0.25, 0.3) is 0 Å². The van der Waals surface area contributed by atoms with Gasteiger partial charge in [-0.15, -0.1) is 11.3 Å². The van der Waals surface area contributed by atoms with Gasteiger partial charge in [-0.05, 0) is 60.8 Å². The highest BCUT2D eigenvalue weighted by atomic mass is 32.1. The molecule has 3 heterocycles. The van der Waals surface area contributed by atoms with Crippen LogP contribution in [0.2, 0.25) is 0 Å². The number of rotatable bonds is 8. The zero-order valence-corrected chi connectivity index (χ0v) is 18.3. The normalized spacial score (nSPS) is 14.1. The van der Waals surface area contributed by atoms with Crippen molar-refractivity contribution in [1.29, 1.82) is 0 Å². The number of hydrogen-bond acceptors (Lipinski definition) is 4. The second-order valence-corrected chi connectivity index (χ2v) is 9.07. The number of nitrogens with one attached hydrogen (secondary N) is 2. The topological polar surface area (TPSA) is 61.0 Å². The zero-order valence-electron chi connectivity index (χ0n) is 17.4. The molecule has 1 aliphatic heterocycles. The van der Waals surface area contributed by atoms with Gasteiger partial charge in [0, 0.05) is 30.9 Å². The van der Waals surface area contributed by atoms with Gasteiger partial charge in [-0.1, -0.05) is 30.3 Å². The number of thiophene rings is 1. The molecule has 4 aromatic rings. The standard InChI is InChI=1S/C25H26N4OS/c30-24-10-4-14-29(24)15-5-13-26-17-18-6-3-7-19(16-18)22-11-12-23(31-22)25-27-20-8-1-2-9-21(20)28-25/h1-3,6-9,11-12,16,26H,4-5,10,13-15,17H2,(H,27,28). The highest BCUT2D eigenvalue weighted by Gasteiger charge is 2.18. The predicted octanol–water partition coefficient (Wildman–Crippen LogP) is 5.06. The van der Waals surface area contributed by atoms with Crippen molar-refractivity contribution in [3.63, 3.8) is 0 Å². The lowest BCUT2D eigenvalue weighted by Gasteiger charge is -2.15. The van der Waals surface area contributed by atoms with Crippen LogP contribution in [0.4, 0.5) is 0 Å². The van der Waals surface area contributed by atoms with Crippen LogP contribution in [0.5, 0.6) is 0 Å². The fraction of sp³-hybridized carbons (Fsp3) is 0.280. The van der Waals surface area contributed by atoms with Gasteiger partial charge >= 0.3 is 0 Å². The van der Waals surface area contributed by atoms with Crippen LogP contribution >= 0.6 is 11.3 Å². The number of nitrogens with zero attached hydrogens (tertiary/aromatic N) is 2. The SMILES string of the molecule is O=C1CCCN1CCCNCc1cccc(-c2ccc(-c3nc4ccccc4[nH]3)s2)c1. The molecule has 31 heavy (non-hydrogen) atoms. The van der Waals surface area contributed by atoms with E-state index in [1.807, 2.05) is 23.1 Å². The number of aromatic nitrogens is 2. The molecule has 0 radical (unpaired) electrons. The summed E-state index contributed by atoms with van der Waals surface area (Å²) in [7, 11) is 0. The molecule has 0 saturated carbocycles. The predicted molar refractivity (Wildman–Crippen MR) is 127 cm³/mol. The van der Waals surface area contributed by atoms with E-state index in [1.54, 1.807) is 11.3 Å². The van der Waals surface area contributed by atoms with E-state index in [0.717, 1.165) is 67.2 Å². The fourth-order valence-electron chi connectivity index (χ4n) is 4.09. The van der Waals surface area contributed by atoms with Crippen LogP contribution in [0.15, 0.2) is 60.7 Å². The maximum atomic E-state index is 11.7. The summed E-state index contributed by atoms with van der Waals surface area (Å²) in [6.07, 6.45) is 2.73. The molecule has 2 N–H and O–H groups in total. The maximum absolute atomic E-state index is 11.7. The molecule has 2 aromatic heterocycles. The third-order valence-electron chi connectivity index (χ3n) is 5.72. The van der Waals surface area contributed by atoms with Crippen molar-refractivity contribution in [3.8, 4) is 21.1 Å². The molecule has 0 bridgehead atoms. The Bertz CT molecular complexity index is 1160. The van der Waals surface area contributed by atoms with Crippen LogP contribution in [0.25, 0.3) is 32.2 Å². The van der Waals surface area contributed by atoms with Gasteiger partial charge in [0.05, 0.1) is 15.9 Å². The summed E-state index contributed by atoms with van der Waals surface area (Å²) in [6.45, 7) is 3.55. The van der Waals surface area contributed by atoms with E-state index in [1.165, 1.54) is 16.0 Å². The molecule has 1 amide bonds. The molecule has 5 nitrogen and oxygen atoms in total. The minimum atomic E-state index is 0.311. The van der Waals surface area contributed by atoms with Crippen molar-refractivity contribution in [3.05, 3.63) is 66.2 Å². The Morgan fingerprint density at radius 3 is 2.84 bits per heavy atom. The number of amides is 1. The average molecular weight is 431 g/mol. The lowest BCUT2D eigenvalue weighted by atomic mass is 10.1. The van der Waals surface area contributed by atoms with E-state index < -0.39 is 0 Å². The number of imidazole rings is 1. The van der Waals surface area contributed by atoms with Crippen LogP contribution in [0, 0.1) is 0 Å². The zero-order chi connectivity index (χ0) is 21.0. The number of H-pyrrole nitrogens is 1. The molecule has 1 fully saturated rings. The van der Waals surface area contributed by atoms with Gasteiger partial charge in [0.15, 0.2) is 0 Å². The second kappa shape index (κ2) is 9.04. The molecule has 1 saturated heterocycles. The Kier molecular flexibility index (Phi) is 5.82. The van der Waals surface area contributed by atoms with Crippen molar-refractivity contribution in [2.45, 2.75) is 25.8 Å². The molecule has 2 aromatic carbocycles. The summed E-state index contributed by atoms with van der Waals surface area (Å²) >= 11 is 1.76. The minimum absolute atomic E-state index is 0.311. The third-order valence-corrected chi connectivity index (χ3v) is 6.86. The van der Waals surface area contributed by atoms with Crippen molar-refractivity contribution >= 4 is 28.3 Å². The van der Waals surface area contributed by atoms with Gasteiger partial charge in [-0.3, -0.25) is 4.79 Å². The number of fused-ring (bicyclic) bond motifs is 1. The molecule has 0 atom stereocenters. The molecule has 158 valence electrons. The number of likely N-dealkylation sites (tertiary alicyclic amines) is 1. The summed E-state index contributed by atoms with van der Waals surface area (Å²) in [6, 6.07) is 21.1. The summed E-state index contributed by atoms with van der Waals surface area (Å²) < 4.78 is 0. The largest absolute Gasteiger partial charge is 0.343 e. The second-order valence-electron chi connectivity index (χ2n) is 7.98. The van der Waals surface area contributed by atoms with Gasteiger partial charge in [-0.2, -0.15) is 0 Å². The minimum Gasteiger partial charge on any atom is -0.343 e. The first-order valence-electron chi connectivity index (χ1n) is 10.9. The Morgan fingerprint density at radius 1 is 1.06 bits per heavy atom. The van der Waals surface area contributed by atoms with E-state index >= 15 is 0 Å². The van der Waals surface area contributed by atoms with Crippen molar-refractivity contribution in [2.75, 3.05) is 19.6 Å². The fourth-order valence-corrected chi connectivity index (χ4v) is 5.04. The maximum Gasteiger partial charge on any atom is 0.222 e. The van der Waals surface area contributed by atoms with Gasteiger partial charge in [-0.25, -0.2) is 4.98 Å². The Labute approximate surface area is 186 Å². The molecule has 0 aliphatic carbocycles. The first-order valence-corrected chi connectivity index (χ1v) is 11.7. The number of hydrogen-bond donors (Lipinski definition) is 2. The number of carbonyl (C=O) groups is 1. The van der Waals surface area contributed by atoms with Crippen molar-refractivity contribution < 1.29 is 4.79 Å². The summed E-state index contributed by atoms with van der Waals surface area (Å²) in [5, 5.41) is 3.52. The molecule has 5 rings (SSSR count). The Hall–Kier alpha value is -2.96. The summed E-state index contributed by atoms with van der Waals surface area (Å²) in [5.41, 5.74) is 4.56. The molecule has 0 spiro atoms. The summed E-state index contributed by atoms with van der Waals surface area (Å²) in [5.74, 6) is 1.23. The van der Waals surface area contributed by atoms with E-state index in [4.69, 9.17) is 4.98 Å². The van der Waals surface area contributed by atoms with Gasteiger partial charge < -0.3 is 15.2 Å². The number of aromatic amines is 1. The lowest BCUT2D eigenvalue weighted by molar-refractivity contribution is -0.127. The van der Waals surface area contributed by atoms with Gasteiger partial charge in [0.1, 0.15) is 5.82 Å². The Balaban J connectivity index is 1.19. The van der Waals surface area contributed by atoms with Crippen LogP contribution in [-0.4, -0.2) is 40.4 Å². The molecule has 1 aliphatic rings. The van der Waals surface area contributed by atoms with Gasteiger partial charge in [0.2, 0.25) is 5.91 Å². The van der Waals surface area contributed by atoms with E-state index in [2.05, 4.69) is 52.8 Å². The third kappa shape index (κ3) is 4.55. The summed E-state index contributed by atoms with van der Waals surface area (Å²) in [4.78, 5) is 24.2. The molecular formula is C25H26N4OS. The lowest BCUT2D eigenvalue weighted by Crippen LogP contribution is -2.28. The highest BCUT2D eigenvalue weighted by Crippen LogP contribution is 2.34. The van der Waals surface area contributed by atoms with E-state index in [-0.39, 0.29) is 0 Å². The first kappa shape index (κ1) is 20.0. The molecular weight excluding hydrogens is 404 g/mol. The highest BCUT2D eigenvalue weighted by molar-refractivity contribution is 7.18. The quantitative estimate of drug-likeness (QED) is 0.384. The van der Waals surface area contributed by atoms with Crippen LogP contribution in [-0.2, 0) is 11.3 Å². The smallest absolute Gasteiger partial charge is 0.222 e. The van der Waals surface area contributed by atoms with Crippen LogP contribution in [0.1, 0.15) is 24.8 Å². The number of carbonyl (C=O) groups excluding carboxylic acids is 1. The molecule has 0 unspecified atom stereocenters. The van der Waals surface area contributed by atoms with Crippen LogP contribution < -0.4 is 5.32 Å². The Morgan fingerprint density at radius 2 is 1.97 bits per heavy atom.